The molecule has 0 aliphatic rings. The smallest absolute Gasteiger partial charge is 0.295 e. The lowest BCUT2D eigenvalue weighted by Gasteiger charge is -2.03. The van der Waals surface area contributed by atoms with Crippen LogP contribution in [-0.2, 0) is 0 Å². The summed E-state index contributed by atoms with van der Waals surface area (Å²) in [5, 5.41) is 4.66. The number of hydrogen-bond donors (Lipinski definition) is 1. The summed E-state index contributed by atoms with van der Waals surface area (Å²) in [4.78, 5) is 24.9. The minimum Gasteiger partial charge on any atom is -0.438 e. The monoisotopic (exact) mass is 384 g/mol. The Bertz CT molecular complexity index is 1110. The van der Waals surface area contributed by atoms with Gasteiger partial charge >= 0.3 is 0 Å². The molecule has 0 aliphatic heterocycles. The molecule has 0 radical (unpaired) electrons. The molecule has 1 aromatic carbocycles. The number of thiazole rings is 1. The first-order valence-electron chi connectivity index (χ1n) is 7.69. The predicted molar refractivity (Wildman–Crippen MR) is 95.2 cm³/mol. The molecule has 1 amide bonds. The van der Waals surface area contributed by atoms with Crippen molar-refractivity contribution in [1.29, 1.82) is 0 Å². The van der Waals surface area contributed by atoms with Crippen molar-refractivity contribution >= 4 is 22.4 Å². The Morgan fingerprint density at radius 3 is 2.78 bits per heavy atom. The van der Waals surface area contributed by atoms with Gasteiger partial charge in [-0.2, -0.15) is 0 Å². The van der Waals surface area contributed by atoms with Crippen LogP contribution in [-0.4, -0.2) is 20.9 Å². The third kappa shape index (κ3) is 3.44. The van der Waals surface area contributed by atoms with Crippen LogP contribution >= 0.6 is 11.3 Å². The van der Waals surface area contributed by atoms with Crippen LogP contribution in [0.25, 0.3) is 22.6 Å². The summed E-state index contributed by atoms with van der Waals surface area (Å²) >= 11 is 1.21. The summed E-state index contributed by atoms with van der Waals surface area (Å²) in [6.45, 7) is 0. The average molecular weight is 384 g/mol. The van der Waals surface area contributed by atoms with Crippen molar-refractivity contribution in [3.05, 3.63) is 71.8 Å². The van der Waals surface area contributed by atoms with Crippen molar-refractivity contribution in [2.45, 2.75) is 0 Å². The highest BCUT2D eigenvalue weighted by atomic mass is 32.1. The average Bonchev–Trinajstić information content (AvgIpc) is 3.32. The maximum absolute atomic E-state index is 14.0. The van der Waals surface area contributed by atoms with Gasteiger partial charge in [0.1, 0.15) is 23.0 Å². The van der Waals surface area contributed by atoms with E-state index in [9.17, 15) is 13.6 Å². The number of anilines is 1. The first kappa shape index (κ1) is 17.0. The van der Waals surface area contributed by atoms with Crippen LogP contribution in [0.3, 0.4) is 0 Å². The van der Waals surface area contributed by atoms with Crippen LogP contribution in [0.5, 0.6) is 0 Å². The quantitative estimate of drug-likeness (QED) is 0.564. The molecule has 0 bridgehead atoms. The van der Waals surface area contributed by atoms with Gasteiger partial charge in [0.25, 0.3) is 5.91 Å². The van der Waals surface area contributed by atoms with Gasteiger partial charge in [0.15, 0.2) is 11.5 Å². The van der Waals surface area contributed by atoms with Gasteiger partial charge in [-0.25, -0.2) is 18.7 Å². The molecule has 9 heteroatoms. The minimum atomic E-state index is -0.843. The molecule has 27 heavy (non-hydrogen) atoms. The van der Waals surface area contributed by atoms with E-state index < -0.39 is 17.5 Å². The van der Waals surface area contributed by atoms with Crippen LogP contribution in [0.1, 0.15) is 10.6 Å². The molecule has 4 aromatic rings. The predicted octanol–water partition coefficient (Wildman–Crippen LogP) is 4.39. The van der Waals surface area contributed by atoms with E-state index >= 15 is 0 Å². The molecule has 0 unspecified atom stereocenters. The fourth-order valence-electron chi connectivity index (χ4n) is 2.40. The van der Waals surface area contributed by atoms with Crippen molar-refractivity contribution < 1.29 is 18.0 Å². The zero-order valence-corrected chi connectivity index (χ0v) is 14.3. The van der Waals surface area contributed by atoms with Gasteiger partial charge in [0.2, 0.25) is 5.76 Å². The highest BCUT2D eigenvalue weighted by Crippen LogP contribution is 2.28. The Hall–Kier alpha value is -3.46. The van der Waals surface area contributed by atoms with E-state index in [1.54, 1.807) is 23.7 Å². The van der Waals surface area contributed by atoms with Crippen molar-refractivity contribution in [3.63, 3.8) is 0 Å². The van der Waals surface area contributed by atoms with Crippen LogP contribution in [0.4, 0.5) is 13.9 Å². The Kier molecular flexibility index (Phi) is 4.43. The number of benzene rings is 1. The molecule has 0 spiro atoms. The first-order valence-corrected chi connectivity index (χ1v) is 8.57. The van der Waals surface area contributed by atoms with Crippen molar-refractivity contribution in [1.82, 2.24) is 15.0 Å². The summed E-state index contributed by atoms with van der Waals surface area (Å²) in [5.41, 5.74) is 1.22. The van der Waals surface area contributed by atoms with E-state index in [1.165, 1.54) is 17.4 Å². The van der Waals surface area contributed by atoms with Crippen LogP contribution in [0, 0.1) is 11.6 Å². The Morgan fingerprint density at radius 2 is 2.00 bits per heavy atom. The van der Waals surface area contributed by atoms with E-state index in [0.717, 1.165) is 12.5 Å². The van der Waals surface area contributed by atoms with Gasteiger partial charge in [0, 0.05) is 23.2 Å². The highest BCUT2D eigenvalue weighted by molar-refractivity contribution is 7.14. The molecule has 134 valence electrons. The Labute approximate surface area is 155 Å². The number of nitrogens with zero attached hydrogens (tertiary/aromatic N) is 3. The van der Waals surface area contributed by atoms with Crippen molar-refractivity contribution in [2.24, 2.45) is 0 Å². The first-order chi connectivity index (χ1) is 13.1. The molecule has 1 N–H and O–H groups in total. The van der Waals surface area contributed by atoms with Gasteiger partial charge < -0.3 is 4.42 Å². The lowest BCUT2D eigenvalue weighted by Crippen LogP contribution is -2.12. The number of aromatic nitrogens is 3. The highest BCUT2D eigenvalue weighted by Gasteiger charge is 2.22. The normalized spacial score (nSPS) is 10.7. The number of carbonyl (C=O) groups excluding carboxylic acids is 1. The fourth-order valence-corrected chi connectivity index (χ4v) is 3.10. The van der Waals surface area contributed by atoms with Gasteiger partial charge in [-0.15, -0.1) is 11.3 Å². The number of nitrogens with one attached hydrogen (secondary N) is 1. The number of rotatable bonds is 4. The summed E-state index contributed by atoms with van der Waals surface area (Å²) in [7, 11) is 0. The fraction of sp³-hybridized carbons (Fsp3) is 0. The van der Waals surface area contributed by atoms with E-state index in [0.29, 0.717) is 22.6 Å². The number of halogens is 2. The molecule has 0 fully saturated rings. The van der Waals surface area contributed by atoms with Crippen molar-refractivity contribution in [3.8, 4) is 22.6 Å². The number of oxazole rings is 1. The lowest BCUT2D eigenvalue weighted by atomic mass is 10.1. The molecular weight excluding hydrogens is 374 g/mol. The van der Waals surface area contributed by atoms with Gasteiger partial charge in [-0.1, -0.05) is 6.07 Å². The van der Waals surface area contributed by atoms with Gasteiger partial charge in [-0.05, 0) is 24.3 Å². The second kappa shape index (κ2) is 7.04. The number of carbonyl (C=O) groups is 1. The maximum atomic E-state index is 14.0. The lowest BCUT2D eigenvalue weighted by molar-refractivity contribution is 0.0997. The second-order valence-electron chi connectivity index (χ2n) is 5.36. The maximum Gasteiger partial charge on any atom is 0.295 e. The van der Waals surface area contributed by atoms with Crippen molar-refractivity contribution in [2.75, 3.05) is 5.32 Å². The Balaban J connectivity index is 1.58. The van der Waals surface area contributed by atoms with E-state index in [-0.39, 0.29) is 17.0 Å². The number of amides is 1. The molecule has 0 aliphatic carbocycles. The molecular formula is C18H10F2N4O2S. The molecule has 0 saturated heterocycles. The standard InChI is InChI=1S/C18H10F2N4O2S/c19-10-4-5-11(12(20)7-10)15-16(26-9-22-15)17(25)24-18-23-14(8-27-18)13-3-1-2-6-21-13/h1-9H,(H,23,24,25). The molecule has 3 aromatic heterocycles. The molecule has 0 saturated carbocycles. The number of pyridine rings is 1. The summed E-state index contributed by atoms with van der Waals surface area (Å²) in [5.74, 6) is -2.41. The summed E-state index contributed by atoms with van der Waals surface area (Å²) in [6.07, 6.45) is 2.67. The third-order valence-corrected chi connectivity index (χ3v) is 4.37. The van der Waals surface area contributed by atoms with Crippen LogP contribution in [0.2, 0.25) is 0 Å². The SMILES string of the molecule is O=C(Nc1nc(-c2ccccn2)cs1)c1ocnc1-c1ccc(F)cc1F. The Morgan fingerprint density at radius 1 is 1.11 bits per heavy atom. The third-order valence-electron chi connectivity index (χ3n) is 3.61. The molecule has 6 nitrogen and oxygen atoms in total. The van der Waals surface area contributed by atoms with E-state index in [2.05, 4.69) is 20.3 Å². The molecule has 4 rings (SSSR count). The summed E-state index contributed by atoms with van der Waals surface area (Å²) in [6, 6.07) is 8.41. The van der Waals surface area contributed by atoms with Crippen LogP contribution < -0.4 is 5.32 Å². The van der Waals surface area contributed by atoms with E-state index in [4.69, 9.17) is 4.42 Å². The van der Waals surface area contributed by atoms with Gasteiger partial charge in [-0.3, -0.25) is 15.1 Å². The molecule has 3 heterocycles. The van der Waals surface area contributed by atoms with E-state index in [1.807, 2.05) is 6.07 Å². The second-order valence-corrected chi connectivity index (χ2v) is 6.22. The zero-order chi connectivity index (χ0) is 18.8. The minimum absolute atomic E-state index is 0.0218. The molecule has 0 atom stereocenters. The largest absolute Gasteiger partial charge is 0.438 e. The zero-order valence-electron chi connectivity index (χ0n) is 13.5. The number of hydrogen-bond acceptors (Lipinski definition) is 6. The summed E-state index contributed by atoms with van der Waals surface area (Å²) < 4.78 is 32.2. The topological polar surface area (TPSA) is 80.9 Å². The van der Waals surface area contributed by atoms with Crippen LogP contribution in [0.15, 0.2) is 58.8 Å². The van der Waals surface area contributed by atoms with Gasteiger partial charge in [0.05, 0.1) is 5.69 Å².